The number of anilines is 1. The van der Waals surface area contributed by atoms with E-state index < -0.39 is 0 Å². The fourth-order valence-electron chi connectivity index (χ4n) is 5.71. The molecule has 2 heterocycles. The first-order valence-corrected chi connectivity index (χ1v) is 15.1. The molecular formula is C33H31Cl2N5O4. The third-order valence-electron chi connectivity index (χ3n) is 8.31. The van der Waals surface area contributed by atoms with Crippen molar-refractivity contribution in [1.82, 2.24) is 19.8 Å². The van der Waals surface area contributed by atoms with Gasteiger partial charge in [0.15, 0.2) is 0 Å². The van der Waals surface area contributed by atoms with Gasteiger partial charge >= 0.3 is 0 Å². The van der Waals surface area contributed by atoms with E-state index in [0.29, 0.717) is 50.5 Å². The first-order valence-electron chi connectivity index (χ1n) is 14.3. The molecule has 1 aliphatic carbocycles. The molecule has 11 heteroatoms. The number of hydrogen-bond donors (Lipinski definition) is 2. The molecule has 2 aliphatic rings. The second-order valence-corrected chi connectivity index (χ2v) is 11.9. The van der Waals surface area contributed by atoms with Crippen LogP contribution in [0, 0.1) is 0 Å². The minimum atomic E-state index is -0.260. The molecule has 0 saturated heterocycles. The van der Waals surface area contributed by atoms with Crippen molar-refractivity contribution in [2.24, 2.45) is 0 Å². The van der Waals surface area contributed by atoms with E-state index in [4.69, 9.17) is 32.9 Å². The van der Waals surface area contributed by atoms with Crippen LogP contribution >= 0.6 is 23.2 Å². The van der Waals surface area contributed by atoms with Gasteiger partial charge < -0.3 is 20.3 Å². The fraction of sp³-hybridized carbons (Fsp3) is 0.273. The Balaban J connectivity index is 1.36. The van der Waals surface area contributed by atoms with Gasteiger partial charge in [-0.15, -0.1) is 0 Å². The third kappa shape index (κ3) is 5.65. The summed E-state index contributed by atoms with van der Waals surface area (Å²) in [5.74, 6) is 0.989. The topological polar surface area (TPSA) is 106 Å². The number of ether oxygens (including phenoxy) is 1. The molecule has 226 valence electrons. The van der Waals surface area contributed by atoms with Gasteiger partial charge in [0.05, 0.1) is 35.1 Å². The zero-order chi connectivity index (χ0) is 31.1. The first kappa shape index (κ1) is 29.7. The fourth-order valence-corrected chi connectivity index (χ4v) is 6.01. The monoisotopic (exact) mass is 631 g/mol. The molecule has 9 nitrogen and oxygen atoms in total. The Labute approximate surface area is 264 Å². The second kappa shape index (κ2) is 12.0. The molecule has 6 rings (SSSR count). The average Bonchev–Trinajstić information content (AvgIpc) is 3.81. The van der Waals surface area contributed by atoms with Crippen LogP contribution in [0.5, 0.6) is 5.75 Å². The minimum absolute atomic E-state index is 0.0567. The van der Waals surface area contributed by atoms with Gasteiger partial charge in [-0.3, -0.25) is 14.4 Å². The minimum Gasteiger partial charge on any atom is -0.497 e. The molecule has 1 saturated carbocycles. The molecule has 0 spiro atoms. The number of benzene rings is 3. The number of rotatable bonds is 7. The van der Waals surface area contributed by atoms with Crippen LogP contribution in [0.3, 0.4) is 0 Å². The first-order chi connectivity index (χ1) is 21.2. The second-order valence-electron chi connectivity index (χ2n) is 11.1. The summed E-state index contributed by atoms with van der Waals surface area (Å²) < 4.78 is 6.86. The van der Waals surface area contributed by atoms with Gasteiger partial charge in [-0.1, -0.05) is 35.3 Å². The van der Waals surface area contributed by atoms with Gasteiger partial charge in [0.1, 0.15) is 5.75 Å². The summed E-state index contributed by atoms with van der Waals surface area (Å²) in [5, 5.41) is 6.79. The van der Waals surface area contributed by atoms with Gasteiger partial charge in [0, 0.05) is 41.7 Å². The van der Waals surface area contributed by atoms with E-state index in [1.54, 1.807) is 66.1 Å². The van der Waals surface area contributed by atoms with Crippen molar-refractivity contribution >= 4 is 41.0 Å². The summed E-state index contributed by atoms with van der Waals surface area (Å²) in [6.07, 6.45) is 1.20. The van der Waals surface area contributed by atoms with E-state index in [-0.39, 0.29) is 41.9 Å². The van der Waals surface area contributed by atoms with Crippen molar-refractivity contribution in [2.45, 2.75) is 44.3 Å². The van der Waals surface area contributed by atoms with E-state index in [1.807, 2.05) is 31.2 Å². The summed E-state index contributed by atoms with van der Waals surface area (Å²) in [4.78, 5) is 46.5. The van der Waals surface area contributed by atoms with Crippen molar-refractivity contribution in [3.63, 3.8) is 0 Å². The number of halogens is 2. The highest BCUT2D eigenvalue weighted by molar-refractivity contribution is 6.42. The predicted molar refractivity (Wildman–Crippen MR) is 170 cm³/mol. The molecule has 2 N–H and O–H groups in total. The van der Waals surface area contributed by atoms with Crippen molar-refractivity contribution in [3.05, 3.63) is 115 Å². The third-order valence-corrected chi connectivity index (χ3v) is 9.04. The maximum absolute atomic E-state index is 14.2. The van der Waals surface area contributed by atoms with Crippen LogP contribution in [0.4, 0.5) is 5.95 Å². The summed E-state index contributed by atoms with van der Waals surface area (Å²) in [5.41, 5.74) is 3.54. The SMILES string of the molecule is CNC(=O)c1ccc(-n2c(NC3C[C@@H]3c3ccc(OC)cc3)nc3c(c2=O)C[C@@H](C)N(C(=O)c2ccc(Cl)c(Cl)c2)C3)cc1. The highest BCUT2D eigenvalue weighted by atomic mass is 35.5. The number of carbonyl (C=O) groups excluding carboxylic acids is 2. The highest BCUT2D eigenvalue weighted by Gasteiger charge is 2.40. The van der Waals surface area contributed by atoms with Gasteiger partial charge in [0.25, 0.3) is 17.4 Å². The van der Waals surface area contributed by atoms with Crippen molar-refractivity contribution in [3.8, 4) is 11.4 Å². The standard InChI is InChI=1S/C33H31Cl2N5O4/c1-18-14-25-29(17-39(18)31(42)21-8-13-26(34)27(35)15-21)38-33(37-28-16-24(28)19-6-11-23(44-3)12-7-19)40(32(25)43)22-9-4-20(5-10-22)30(41)36-2/h4-13,15,18,24,28H,14,16-17H2,1-3H3,(H,36,41)(H,37,38)/t18-,24-,28?/m1/s1. The van der Waals surface area contributed by atoms with Crippen LogP contribution < -0.4 is 20.9 Å². The van der Waals surface area contributed by atoms with Crippen molar-refractivity contribution in [2.75, 3.05) is 19.5 Å². The molecule has 2 amide bonds. The number of amides is 2. The average molecular weight is 633 g/mol. The van der Waals surface area contributed by atoms with E-state index >= 15 is 0 Å². The summed E-state index contributed by atoms with van der Waals surface area (Å²) in [6, 6.07) is 19.4. The van der Waals surface area contributed by atoms with Crippen molar-refractivity contribution in [1.29, 1.82) is 0 Å². The highest BCUT2D eigenvalue weighted by Crippen LogP contribution is 2.43. The molecule has 1 unspecified atom stereocenters. The van der Waals surface area contributed by atoms with Gasteiger partial charge in [-0.05, 0) is 79.9 Å². The Morgan fingerprint density at radius 3 is 2.34 bits per heavy atom. The lowest BCUT2D eigenvalue weighted by Gasteiger charge is -2.34. The lowest BCUT2D eigenvalue weighted by atomic mass is 9.98. The Bertz CT molecular complexity index is 1810. The smallest absolute Gasteiger partial charge is 0.263 e. The zero-order valence-corrected chi connectivity index (χ0v) is 25.9. The molecular weight excluding hydrogens is 601 g/mol. The molecule has 3 aromatic carbocycles. The van der Waals surface area contributed by atoms with Crippen LogP contribution in [-0.4, -0.2) is 52.5 Å². The zero-order valence-electron chi connectivity index (χ0n) is 24.4. The lowest BCUT2D eigenvalue weighted by Crippen LogP contribution is -2.46. The van der Waals surface area contributed by atoms with Gasteiger partial charge in [-0.25, -0.2) is 9.55 Å². The van der Waals surface area contributed by atoms with Crippen LogP contribution in [0.15, 0.2) is 71.5 Å². The number of aromatic nitrogens is 2. The molecule has 0 bridgehead atoms. The molecule has 0 radical (unpaired) electrons. The number of hydrogen-bond acceptors (Lipinski definition) is 6. The Hall–Kier alpha value is -4.34. The summed E-state index contributed by atoms with van der Waals surface area (Å²) >= 11 is 12.3. The lowest BCUT2D eigenvalue weighted by molar-refractivity contribution is 0.0653. The molecule has 1 aromatic heterocycles. The molecule has 1 fully saturated rings. The van der Waals surface area contributed by atoms with Crippen LogP contribution in [0.2, 0.25) is 10.0 Å². The van der Waals surface area contributed by atoms with Crippen LogP contribution in [-0.2, 0) is 13.0 Å². The Morgan fingerprint density at radius 1 is 0.977 bits per heavy atom. The maximum Gasteiger partial charge on any atom is 0.263 e. The Morgan fingerprint density at radius 2 is 1.68 bits per heavy atom. The molecule has 1 aliphatic heterocycles. The molecule has 4 aromatic rings. The number of nitrogens with zero attached hydrogens (tertiary/aromatic N) is 3. The van der Waals surface area contributed by atoms with E-state index in [9.17, 15) is 14.4 Å². The van der Waals surface area contributed by atoms with Gasteiger partial charge in [0.2, 0.25) is 5.95 Å². The van der Waals surface area contributed by atoms with Crippen LogP contribution in [0.25, 0.3) is 5.69 Å². The number of carbonyl (C=O) groups is 2. The molecule has 44 heavy (non-hydrogen) atoms. The maximum atomic E-state index is 14.2. The number of nitrogens with one attached hydrogen (secondary N) is 2. The Kier molecular flexibility index (Phi) is 8.09. The molecule has 3 atom stereocenters. The number of methoxy groups -OCH3 is 1. The van der Waals surface area contributed by atoms with E-state index in [1.165, 1.54) is 0 Å². The largest absolute Gasteiger partial charge is 0.497 e. The summed E-state index contributed by atoms with van der Waals surface area (Å²) in [6.45, 7) is 2.08. The van der Waals surface area contributed by atoms with Gasteiger partial charge in [-0.2, -0.15) is 0 Å². The van der Waals surface area contributed by atoms with E-state index in [2.05, 4.69) is 10.6 Å². The van der Waals surface area contributed by atoms with E-state index in [0.717, 1.165) is 17.7 Å². The summed E-state index contributed by atoms with van der Waals surface area (Å²) in [7, 11) is 3.21. The normalized spacial score (nSPS) is 18.8. The predicted octanol–water partition coefficient (Wildman–Crippen LogP) is 5.46. The quantitative estimate of drug-likeness (QED) is 0.280. The van der Waals surface area contributed by atoms with Crippen LogP contribution in [0.1, 0.15) is 56.8 Å². The number of fused-ring (bicyclic) bond motifs is 1. The van der Waals surface area contributed by atoms with Crippen molar-refractivity contribution < 1.29 is 14.3 Å².